The molecule has 0 aliphatic carbocycles. The summed E-state index contributed by atoms with van der Waals surface area (Å²) in [6.07, 6.45) is 4.46. The fraction of sp³-hybridized carbons (Fsp3) is 0.711. The lowest BCUT2D eigenvalue weighted by molar-refractivity contribution is -0.149. The normalized spacial score (nSPS) is 18.7. The number of thiazole rings is 1. The first kappa shape index (κ1) is 49.1. The summed E-state index contributed by atoms with van der Waals surface area (Å²) in [6.45, 7) is 15.9. The van der Waals surface area contributed by atoms with E-state index in [-0.39, 0.29) is 72.2 Å². The van der Waals surface area contributed by atoms with Crippen molar-refractivity contribution in [1.29, 1.82) is 0 Å². The van der Waals surface area contributed by atoms with E-state index < -0.39 is 30.1 Å². The van der Waals surface area contributed by atoms with Gasteiger partial charge in [0.25, 0.3) is 0 Å². The van der Waals surface area contributed by atoms with Gasteiger partial charge >= 0.3 is 0 Å². The van der Waals surface area contributed by atoms with Gasteiger partial charge in [-0.3, -0.25) is 24.1 Å². The molecule has 1 saturated heterocycles. The topological polar surface area (TPSA) is 147 Å². The molecule has 0 saturated carbocycles. The third kappa shape index (κ3) is 13.1. The maximum absolute atomic E-state index is 14.5. The Balaban J connectivity index is 1.79. The Kier molecular flexibility index (Phi) is 20.4. The van der Waals surface area contributed by atoms with Crippen LogP contribution in [0, 0.1) is 29.6 Å². The summed E-state index contributed by atoms with van der Waals surface area (Å²) in [5.74, 6) is -1.38. The Bertz CT molecular complexity index is 1540. The Morgan fingerprint density at radius 2 is 1.69 bits per heavy atom. The molecule has 3 rings (SSSR count). The molecule has 3 amide bonds. The lowest BCUT2D eigenvalue weighted by atomic mass is 9.83. The average Bonchev–Trinajstić information content (AvgIpc) is 3.92. The molecule has 0 bridgehead atoms. The van der Waals surface area contributed by atoms with Gasteiger partial charge in [-0.15, -0.1) is 11.3 Å². The first-order valence-corrected chi connectivity index (χ1v) is 22.3. The van der Waals surface area contributed by atoms with Crippen LogP contribution in [0.4, 0.5) is 0 Å². The number of carbonyl (C=O) groups is 4. The summed E-state index contributed by atoms with van der Waals surface area (Å²) in [6, 6.07) is 8.70. The Hall–Kier alpha value is -3.23. The van der Waals surface area contributed by atoms with E-state index in [0.717, 1.165) is 29.8 Å². The summed E-state index contributed by atoms with van der Waals surface area (Å²) in [5.41, 5.74) is 6.86. The number of nitrogens with zero attached hydrogens (tertiary/aromatic N) is 4. The van der Waals surface area contributed by atoms with Crippen LogP contribution in [0.15, 0.2) is 41.9 Å². The fourth-order valence-corrected chi connectivity index (χ4v) is 9.57. The second kappa shape index (κ2) is 24.1. The number of ketones is 1. The molecular formula is C45H74N6O6S. The first-order valence-electron chi connectivity index (χ1n) is 21.4. The van der Waals surface area contributed by atoms with Gasteiger partial charge in [0.2, 0.25) is 17.7 Å². The van der Waals surface area contributed by atoms with E-state index in [1.54, 1.807) is 32.4 Å². The number of Topliss-reactive ketones (excluding diaryl/α,β-unsaturated/α-hetero) is 1. The van der Waals surface area contributed by atoms with Crippen LogP contribution in [0.25, 0.3) is 0 Å². The van der Waals surface area contributed by atoms with Crippen molar-refractivity contribution in [1.82, 2.24) is 25.0 Å². The molecule has 58 heavy (non-hydrogen) atoms. The highest BCUT2D eigenvalue weighted by Crippen LogP contribution is 2.32. The van der Waals surface area contributed by atoms with Gasteiger partial charge in [0, 0.05) is 51.7 Å². The fourth-order valence-electron chi connectivity index (χ4n) is 8.88. The van der Waals surface area contributed by atoms with Crippen molar-refractivity contribution in [2.75, 3.05) is 47.9 Å². The molecule has 2 aromatic rings. The Morgan fingerprint density at radius 3 is 2.24 bits per heavy atom. The molecular weight excluding hydrogens is 753 g/mol. The van der Waals surface area contributed by atoms with Gasteiger partial charge in [-0.05, 0) is 69.1 Å². The zero-order valence-electron chi connectivity index (χ0n) is 37.2. The number of benzene rings is 1. The third-order valence-corrected chi connectivity index (χ3v) is 13.2. The minimum absolute atomic E-state index is 0.00695. The van der Waals surface area contributed by atoms with Crippen molar-refractivity contribution in [2.45, 2.75) is 130 Å². The van der Waals surface area contributed by atoms with Gasteiger partial charge in [0.1, 0.15) is 5.01 Å². The molecule has 9 atom stereocenters. The average molecular weight is 827 g/mol. The van der Waals surface area contributed by atoms with Crippen molar-refractivity contribution in [3.05, 3.63) is 52.5 Å². The zero-order valence-corrected chi connectivity index (χ0v) is 38.0. The Labute approximate surface area is 353 Å². The molecule has 2 heterocycles. The predicted octanol–water partition coefficient (Wildman–Crippen LogP) is 6.00. The van der Waals surface area contributed by atoms with E-state index in [1.165, 1.54) is 11.3 Å². The van der Waals surface area contributed by atoms with Gasteiger partial charge in [0.05, 0.1) is 48.7 Å². The van der Waals surface area contributed by atoms with Crippen LogP contribution in [0.5, 0.6) is 0 Å². The van der Waals surface area contributed by atoms with Crippen LogP contribution >= 0.6 is 11.3 Å². The first-order chi connectivity index (χ1) is 27.6. The summed E-state index contributed by atoms with van der Waals surface area (Å²) < 4.78 is 12.2. The number of nitrogens with two attached hydrogens (primary N) is 1. The van der Waals surface area contributed by atoms with E-state index in [2.05, 4.69) is 29.0 Å². The van der Waals surface area contributed by atoms with Crippen molar-refractivity contribution in [2.24, 2.45) is 35.3 Å². The summed E-state index contributed by atoms with van der Waals surface area (Å²) in [7, 11) is 6.95. The number of hydrogen-bond acceptors (Lipinski definition) is 10. The minimum atomic E-state index is -0.592. The summed E-state index contributed by atoms with van der Waals surface area (Å²) >= 11 is 1.51. The van der Waals surface area contributed by atoms with Crippen molar-refractivity contribution in [3.8, 4) is 0 Å². The van der Waals surface area contributed by atoms with Gasteiger partial charge in [-0.1, -0.05) is 85.2 Å². The van der Waals surface area contributed by atoms with E-state index in [1.807, 2.05) is 82.3 Å². The number of amides is 3. The van der Waals surface area contributed by atoms with E-state index in [4.69, 9.17) is 15.2 Å². The highest BCUT2D eigenvalue weighted by molar-refractivity contribution is 7.09. The number of methoxy groups -OCH3 is 2. The summed E-state index contributed by atoms with van der Waals surface area (Å²) in [4.78, 5) is 66.9. The molecule has 3 N–H and O–H groups in total. The molecule has 1 aromatic heterocycles. The lowest BCUT2D eigenvalue weighted by Gasteiger charge is -2.41. The van der Waals surface area contributed by atoms with Crippen LogP contribution < -0.4 is 11.1 Å². The molecule has 0 unspecified atom stereocenters. The molecule has 0 radical (unpaired) electrons. The Morgan fingerprint density at radius 1 is 1.00 bits per heavy atom. The number of rotatable bonds is 25. The quantitative estimate of drug-likeness (QED) is 0.123. The highest BCUT2D eigenvalue weighted by atomic mass is 32.1. The molecule has 12 nitrogen and oxygen atoms in total. The minimum Gasteiger partial charge on any atom is -0.379 e. The van der Waals surface area contributed by atoms with Gasteiger partial charge in [-0.25, -0.2) is 4.98 Å². The number of likely N-dealkylation sites (N-methyl/N-ethyl adjacent to an activating group) is 2. The largest absolute Gasteiger partial charge is 0.379 e. The van der Waals surface area contributed by atoms with E-state index in [0.29, 0.717) is 32.5 Å². The van der Waals surface area contributed by atoms with Crippen LogP contribution in [-0.4, -0.2) is 121 Å². The number of likely N-dealkylation sites (tertiary alicyclic amines) is 1. The van der Waals surface area contributed by atoms with Crippen LogP contribution in [0.2, 0.25) is 0 Å². The van der Waals surface area contributed by atoms with Crippen LogP contribution in [-0.2, 0) is 35.1 Å². The molecule has 0 spiro atoms. The second-order valence-electron chi connectivity index (χ2n) is 17.0. The maximum atomic E-state index is 14.5. The molecule has 1 aromatic carbocycles. The molecule has 1 aliphatic heterocycles. The van der Waals surface area contributed by atoms with Crippen molar-refractivity contribution < 1.29 is 28.7 Å². The summed E-state index contributed by atoms with van der Waals surface area (Å²) in [5, 5.41) is 5.98. The van der Waals surface area contributed by atoms with Crippen LogP contribution in [0.1, 0.15) is 104 Å². The van der Waals surface area contributed by atoms with E-state index >= 15 is 0 Å². The molecule has 1 aliphatic rings. The van der Waals surface area contributed by atoms with Gasteiger partial charge in [-0.2, -0.15) is 0 Å². The van der Waals surface area contributed by atoms with E-state index in [9.17, 15) is 19.2 Å². The number of nitrogens with one attached hydrogen (secondary N) is 1. The van der Waals surface area contributed by atoms with Gasteiger partial charge < -0.3 is 30.3 Å². The predicted molar refractivity (Wildman–Crippen MR) is 232 cm³/mol. The lowest BCUT2D eigenvalue weighted by Crippen LogP contribution is -2.54. The third-order valence-electron chi connectivity index (χ3n) is 12.3. The smallest absolute Gasteiger partial charge is 0.226 e. The highest BCUT2D eigenvalue weighted by Gasteiger charge is 2.43. The molecule has 1 fully saturated rings. The SMILES string of the molecule is CC[C@H](C)[C@@H]([C@@H](CC(=O)N1CCC[C@H]1[C@H](OC)[C@@H](C)C(=O)N[C@@H](Cc1ccccc1)c1nccs1)OC)N(C)C(=O)[C@@H](CC(=O)[C@H](C(C)C)N(C)CCCN)C(C)C. The van der Waals surface area contributed by atoms with Crippen LogP contribution in [0.3, 0.4) is 0 Å². The van der Waals surface area contributed by atoms with Crippen molar-refractivity contribution >= 4 is 34.8 Å². The number of hydrogen-bond donors (Lipinski definition) is 2. The maximum Gasteiger partial charge on any atom is 0.226 e. The second-order valence-corrected chi connectivity index (χ2v) is 18.0. The van der Waals surface area contributed by atoms with Gasteiger partial charge in [0.15, 0.2) is 5.78 Å². The number of ether oxygens (including phenoxy) is 2. The zero-order chi connectivity index (χ0) is 43.1. The van der Waals surface area contributed by atoms with Crippen molar-refractivity contribution in [3.63, 3.8) is 0 Å². The molecule has 326 valence electrons. The molecule has 13 heteroatoms. The standard InChI is InChI=1S/C45H74N6O6S/c1-12-31(6)41(50(9)45(55)34(29(2)3)27-37(52)40(30(4)5)49(8)23-17-21-46)38(56-10)28-39(53)51-24-16-20-36(51)42(57-11)32(7)43(54)48-35(44-47-22-25-58-44)26-33-18-14-13-15-19-33/h13-15,18-19,22,25,29-32,34-36,38,40-42H,12,16-17,20-21,23-24,26-28,46H2,1-11H3,(H,48,54)/t31-,32+,34-,35-,36-,38+,40-,41-,42+/m0/s1. The number of aromatic nitrogens is 1. The number of carbonyl (C=O) groups excluding carboxylic acids is 4. The monoisotopic (exact) mass is 827 g/mol.